The van der Waals surface area contributed by atoms with Gasteiger partial charge in [-0.3, -0.25) is 0 Å². The second-order valence-electron chi connectivity index (χ2n) is 4.24. The highest BCUT2D eigenvalue weighted by Gasteiger charge is 2.29. The molecule has 0 amide bonds. The zero-order valence-corrected chi connectivity index (χ0v) is 9.67. The van der Waals surface area contributed by atoms with Crippen LogP contribution in [0.2, 0.25) is 5.02 Å². The van der Waals surface area contributed by atoms with Crippen LogP contribution in [0.3, 0.4) is 0 Å². The van der Waals surface area contributed by atoms with E-state index in [0.29, 0.717) is 29.6 Å². The van der Waals surface area contributed by atoms with Crippen molar-refractivity contribution in [3.8, 4) is 0 Å². The highest BCUT2D eigenvalue weighted by atomic mass is 35.5. The molecule has 88 valence electrons. The molecule has 0 saturated heterocycles. The number of rotatable bonds is 5. The van der Waals surface area contributed by atoms with Crippen molar-refractivity contribution >= 4 is 11.6 Å². The molecule has 1 unspecified atom stereocenters. The Morgan fingerprint density at radius 2 is 2.25 bits per heavy atom. The van der Waals surface area contributed by atoms with Crippen molar-refractivity contribution in [3.05, 3.63) is 34.6 Å². The van der Waals surface area contributed by atoms with Crippen molar-refractivity contribution in [2.24, 2.45) is 5.92 Å². The first-order chi connectivity index (χ1) is 7.68. The van der Waals surface area contributed by atoms with E-state index in [1.807, 2.05) is 0 Å². The molecule has 2 rings (SSSR count). The van der Waals surface area contributed by atoms with E-state index in [2.05, 4.69) is 5.32 Å². The third-order valence-corrected chi connectivity index (χ3v) is 3.24. The van der Waals surface area contributed by atoms with Crippen molar-refractivity contribution in [3.63, 3.8) is 0 Å². The van der Waals surface area contributed by atoms with Gasteiger partial charge < -0.3 is 10.4 Å². The van der Waals surface area contributed by atoms with Gasteiger partial charge in [0.25, 0.3) is 0 Å². The minimum atomic E-state index is -0.314. The Kier molecular flexibility index (Phi) is 3.79. The lowest BCUT2D eigenvalue weighted by atomic mass is 10.2. The second kappa shape index (κ2) is 5.13. The Morgan fingerprint density at radius 1 is 1.50 bits per heavy atom. The van der Waals surface area contributed by atoms with Crippen molar-refractivity contribution in [1.29, 1.82) is 0 Å². The first-order valence-corrected chi connectivity index (χ1v) is 5.88. The van der Waals surface area contributed by atoms with Crippen LogP contribution in [0.25, 0.3) is 0 Å². The average molecular weight is 244 g/mol. The largest absolute Gasteiger partial charge is 0.392 e. The summed E-state index contributed by atoms with van der Waals surface area (Å²) >= 11 is 5.88. The summed E-state index contributed by atoms with van der Waals surface area (Å²) in [6, 6.07) is 4.64. The molecule has 0 aromatic heterocycles. The lowest BCUT2D eigenvalue weighted by Gasteiger charge is -2.11. The van der Waals surface area contributed by atoms with Gasteiger partial charge >= 0.3 is 0 Å². The van der Waals surface area contributed by atoms with E-state index in [4.69, 9.17) is 11.6 Å². The number of aliphatic hydroxyl groups excluding tert-OH is 1. The maximum Gasteiger partial charge on any atom is 0.129 e. The summed E-state index contributed by atoms with van der Waals surface area (Å²) in [7, 11) is 0. The molecule has 0 aliphatic heterocycles. The molecule has 1 aliphatic rings. The molecule has 16 heavy (non-hydrogen) atoms. The standard InChI is InChI=1S/C12H15ClFNO/c13-10-2-1-3-11(14)9(10)6-15-7-12(16)8-4-5-8/h1-3,8,12,15-16H,4-7H2. The highest BCUT2D eigenvalue weighted by molar-refractivity contribution is 6.31. The second-order valence-corrected chi connectivity index (χ2v) is 4.64. The van der Waals surface area contributed by atoms with Gasteiger partial charge in [0.05, 0.1) is 6.10 Å². The fourth-order valence-corrected chi connectivity index (χ4v) is 1.92. The highest BCUT2D eigenvalue weighted by Crippen LogP contribution is 2.32. The molecule has 2 N–H and O–H groups in total. The van der Waals surface area contributed by atoms with E-state index < -0.39 is 0 Å². The number of nitrogens with one attached hydrogen (secondary N) is 1. The first kappa shape index (κ1) is 11.8. The van der Waals surface area contributed by atoms with Gasteiger partial charge in [-0.25, -0.2) is 4.39 Å². The minimum absolute atomic E-state index is 0.305. The van der Waals surface area contributed by atoms with Gasteiger partial charge in [-0.2, -0.15) is 0 Å². The molecule has 0 radical (unpaired) electrons. The predicted molar refractivity (Wildman–Crippen MR) is 61.8 cm³/mol. The van der Waals surface area contributed by atoms with Crippen LogP contribution in [0.15, 0.2) is 18.2 Å². The van der Waals surface area contributed by atoms with Crippen molar-refractivity contribution in [1.82, 2.24) is 5.32 Å². The van der Waals surface area contributed by atoms with E-state index in [9.17, 15) is 9.50 Å². The SMILES string of the molecule is OC(CNCc1c(F)cccc1Cl)C1CC1. The third kappa shape index (κ3) is 2.94. The fourth-order valence-electron chi connectivity index (χ4n) is 1.69. The normalized spacial score (nSPS) is 17.4. The van der Waals surface area contributed by atoms with E-state index >= 15 is 0 Å². The lowest BCUT2D eigenvalue weighted by molar-refractivity contribution is 0.148. The van der Waals surface area contributed by atoms with Gasteiger partial charge in [-0.1, -0.05) is 17.7 Å². The van der Waals surface area contributed by atoms with Gasteiger partial charge in [0.1, 0.15) is 5.82 Å². The smallest absolute Gasteiger partial charge is 0.129 e. The topological polar surface area (TPSA) is 32.3 Å². The van der Waals surface area contributed by atoms with Crippen LogP contribution in [0, 0.1) is 11.7 Å². The molecule has 0 spiro atoms. The van der Waals surface area contributed by atoms with Crippen LogP contribution < -0.4 is 5.32 Å². The number of aliphatic hydroxyl groups is 1. The Balaban J connectivity index is 1.84. The summed E-state index contributed by atoms with van der Waals surface area (Å²) in [5, 5.41) is 13.1. The van der Waals surface area contributed by atoms with Crippen LogP contribution in [-0.2, 0) is 6.54 Å². The number of halogens is 2. The molecule has 1 fully saturated rings. The molecular weight excluding hydrogens is 229 g/mol. The van der Waals surface area contributed by atoms with Crippen molar-refractivity contribution in [2.75, 3.05) is 6.54 Å². The Labute approximate surface area is 99.4 Å². The third-order valence-electron chi connectivity index (χ3n) is 2.88. The van der Waals surface area contributed by atoms with Gasteiger partial charge in [0.15, 0.2) is 0 Å². The number of benzene rings is 1. The zero-order chi connectivity index (χ0) is 11.5. The molecule has 1 aromatic carbocycles. The van der Waals surface area contributed by atoms with Gasteiger partial charge in [-0.05, 0) is 30.9 Å². The first-order valence-electron chi connectivity index (χ1n) is 5.50. The molecule has 4 heteroatoms. The average Bonchev–Trinajstić information content (AvgIpc) is 3.05. The molecule has 0 bridgehead atoms. The van der Waals surface area contributed by atoms with E-state index in [1.54, 1.807) is 12.1 Å². The number of hydrogen-bond acceptors (Lipinski definition) is 2. The van der Waals surface area contributed by atoms with E-state index in [-0.39, 0.29) is 11.9 Å². The van der Waals surface area contributed by atoms with Crippen LogP contribution in [0.1, 0.15) is 18.4 Å². The Morgan fingerprint density at radius 3 is 2.88 bits per heavy atom. The van der Waals surface area contributed by atoms with Crippen molar-refractivity contribution < 1.29 is 9.50 Å². The van der Waals surface area contributed by atoms with Gasteiger partial charge in [0.2, 0.25) is 0 Å². The molecule has 1 aromatic rings. The summed E-state index contributed by atoms with van der Waals surface area (Å²) in [5.41, 5.74) is 0.465. The summed E-state index contributed by atoms with van der Waals surface area (Å²) in [4.78, 5) is 0. The van der Waals surface area contributed by atoms with Crippen LogP contribution in [-0.4, -0.2) is 17.8 Å². The van der Waals surface area contributed by atoms with Crippen LogP contribution in [0.4, 0.5) is 4.39 Å². The molecular formula is C12H15ClFNO. The summed E-state index contributed by atoms with van der Waals surface area (Å²) in [6.07, 6.45) is 1.89. The predicted octanol–water partition coefficient (Wildman–Crippen LogP) is 2.34. The van der Waals surface area contributed by atoms with Crippen molar-refractivity contribution in [2.45, 2.75) is 25.5 Å². The molecule has 0 heterocycles. The quantitative estimate of drug-likeness (QED) is 0.832. The van der Waals surface area contributed by atoms with Gasteiger partial charge in [0, 0.05) is 23.7 Å². The van der Waals surface area contributed by atoms with E-state index in [0.717, 1.165) is 12.8 Å². The maximum absolute atomic E-state index is 13.4. The number of hydrogen-bond donors (Lipinski definition) is 2. The Hall–Kier alpha value is -0.640. The maximum atomic E-state index is 13.4. The van der Waals surface area contributed by atoms with Crippen LogP contribution >= 0.6 is 11.6 Å². The zero-order valence-electron chi connectivity index (χ0n) is 8.92. The minimum Gasteiger partial charge on any atom is -0.392 e. The molecule has 2 nitrogen and oxygen atoms in total. The van der Waals surface area contributed by atoms with Gasteiger partial charge in [-0.15, -0.1) is 0 Å². The fraction of sp³-hybridized carbons (Fsp3) is 0.500. The summed E-state index contributed by atoms with van der Waals surface area (Å²) in [6.45, 7) is 0.852. The Bertz CT molecular complexity index is 348. The monoisotopic (exact) mass is 243 g/mol. The molecule has 1 aliphatic carbocycles. The molecule has 1 saturated carbocycles. The van der Waals surface area contributed by atoms with Crippen LogP contribution in [0.5, 0.6) is 0 Å². The summed E-state index contributed by atoms with van der Waals surface area (Å²) in [5.74, 6) is 0.129. The lowest BCUT2D eigenvalue weighted by Crippen LogP contribution is -2.28. The van der Waals surface area contributed by atoms with E-state index in [1.165, 1.54) is 6.07 Å². The molecule has 1 atom stereocenters. The summed E-state index contributed by atoms with van der Waals surface area (Å²) < 4.78 is 13.4.